The fourth-order valence-corrected chi connectivity index (χ4v) is 2.55. The summed E-state index contributed by atoms with van der Waals surface area (Å²) in [6.45, 7) is 5.24. The van der Waals surface area contributed by atoms with E-state index in [1.54, 1.807) is 0 Å². The van der Waals surface area contributed by atoms with Crippen LogP contribution in [0.4, 0.5) is 0 Å². The number of nitrogens with one attached hydrogen (secondary N) is 2. The fourth-order valence-electron chi connectivity index (χ4n) is 2.55. The molecule has 1 aromatic carbocycles. The van der Waals surface area contributed by atoms with Gasteiger partial charge in [0.15, 0.2) is 11.5 Å². The molecule has 0 spiro atoms. The van der Waals surface area contributed by atoms with Crippen LogP contribution < -0.4 is 20.1 Å². The van der Waals surface area contributed by atoms with Gasteiger partial charge >= 0.3 is 0 Å². The molecule has 0 atom stereocenters. The summed E-state index contributed by atoms with van der Waals surface area (Å²) in [5, 5.41) is 5.73. The first-order valence-corrected chi connectivity index (χ1v) is 7.96. The molecule has 1 saturated carbocycles. The monoisotopic (exact) mass is 318 g/mol. The molecule has 23 heavy (non-hydrogen) atoms. The molecule has 1 aliphatic heterocycles. The predicted molar refractivity (Wildman–Crippen MR) is 83.9 cm³/mol. The van der Waals surface area contributed by atoms with Gasteiger partial charge in [0, 0.05) is 13.1 Å². The van der Waals surface area contributed by atoms with Gasteiger partial charge in [0.2, 0.25) is 18.6 Å². The number of rotatable bonds is 6. The molecule has 0 saturated heterocycles. The number of benzene rings is 1. The number of carbonyl (C=O) groups excluding carboxylic acids is 2. The highest BCUT2D eigenvalue weighted by atomic mass is 16.7. The second kappa shape index (κ2) is 6.10. The number of ether oxygens (including phenoxy) is 2. The lowest BCUT2D eigenvalue weighted by atomic mass is 10.0. The van der Waals surface area contributed by atoms with Crippen LogP contribution in [-0.4, -0.2) is 25.2 Å². The van der Waals surface area contributed by atoms with Gasteiger partial charge in [-0.3, -0.25) is 9.59 Å². The summed E-state index contributed by atoms with van der Waals surface area (Å²) in [4.78, 5) is 24.6. The Morgan fingerprint density at radius 2 is 1.83 bits per heavy atom. The van der Waals surface area contributed by atoms with Crippen LogP contribution in [0.15, 0.2) is 18.2 Å². The maximum atomic E-state index is 12.4. The molecule has 124 valence electrons. The van der Waals surface area contributed by atoms with Crippen LogP contribution in [0.5, 0.6) is 11.5 Å². The van der Waals surface area contributed by atoms with E-state index in [1.165, 1.54) is 0 Å². The van der Waals surface area contributed by atoms with Crippen molar-refractivity contribution in [3.8, 4) is 11.5 Å². The molecule has 1 aliphatic carbocycles. The van der Waals surface area contributed by atoms with Gasteiger partial charge in [-0.05, 0) is 36.5 Å². The van der Waals surface area contributed by atoms with Crippen molar-refractivity contribution in [2.24, 2.45) is 11.3 Å². The van der Waals surface area contributed by atoms with Crippen molar-refractivity contribution in [2.45, 2.75) is 33.2 Å². The standard InChI is InChI=1S/C17H22N2O4/c1-11(2)8-18-15(20)17(5-6-17)16(21)19-9-12-3-4-13-14(7-12)23-10-22-13/h3-4,7,11H,5-6,8-10H2,1-2H3,(H,18,20)(H,19,21). The minimum Gasteiger partial charge on any atom is -0.454 e. The number of amides is 2. The van der Waals surface area contributed by atoms with E-state index in [0.29, 0.717) is 43.3 Å². The van der Waals surface area contributed by atoms with Crippen molar-refractivity contribution in [3.63, 3.8) is 0 Å². The topological polar surface area (TPSA) is 76.7 Å². The predicted octanol–water partition coefficient (Wildman–Crippen LogP) is 1.58. The Bertz CT molecular complexity index is 623. The summed E-state index contributed by atoms with van der Waals surface area (Å²) in [7, 11) is 0. The summed E-state index contributed by atoms with van der Waals surface area (Å²) in [5.41, 5.74) is 0.0478. The lowest BCUT2D eigenvalue weighted by molar-refractivity contribution is -0.137. The molecule has 6 nitrogen and oxygen atoms in total. The Labute approximate surface area is 135 Å². The highest BCUT2D eigenvalue weighted by Gasteiger charge is 2.56. The smallest absolute Gasteiger partial charge is 0.235 e. The maximum Gasteiger partial charge on any atom is 0.235 e. The van der Waals surface area contributed by atoms with E-state index in [0.717, 1.165) is 5.56 Å². The van der Waals surface area contributed by atoms with Gasteiger partial charge in [0.1, 0.15) is 5.41 Å². The molecule has 2 amide bonds. The number of hydrogen-bond donors (Lipinski definition) is 2. The van der Waals surface area contributed by atoms with E-state index in [1.807, 2.05) is 32.0 Å². The zero-order chi connectivity index (χ0) is 16.4. The summed E-state index contributed by atoms with van der Waals surface area (Å²) >= 11 is 0. The van der Waals surface area contributed by atoms with Crippen molar-refractivity contribution >= 4 is 11.8 Å². The Morgan fingerprint density at radius 1 is 1.13 bits per heavy atom. The Balaban J connectivity index is 1.56. The number of carbonyl (C=O) groups is 2. The minimum atomic E-state index is -0.870. The number of fused-ring (bicyclic) bond motifs is 1. The largest absolute Gasteiger partial charge is 0.454 e. The third-order valence-electron chi connectivity index (χ3n) is 4.18. The Morgan fingerprint density at radius 3 is 2.52 bits per heavy atom. The molecule has 1 heterocycles. The van der Waals surface area contributed by atoms with Crippen molar-refractivity contribution in [3.05, 3.63) is 23.8 Å². The van der Waals surface area contributed by atoms with Crippen molar-refractivity contribution in [1.29, 1.82) is 0 Å². The molecule has 2 N–H and O–H groups in total. The Hall–Kier alpha value is -2.24. The van der Waals surface area contributed by atoms with Crippen LogP contribution in [0.1, 0.15) is 32.3 Å². The minimum absolute atomic E-state index is 0.158. The van der Waals surface area contributed by atoms with Gasteiger partial charge < -0.3 is 20.1 Å². The first-order chi connectivity index (χ1) is 11.0. The third-order valence-corrected chi connectivity index (χ3v) is 4.18. The van der Waals surface area contributed by atoms with Crippen molar-refractivity contribution in [2.75, 3.05) is 13.3 Å². The molecule has 3 rings (SSSR count). The van der Waals surface area contributed by atoms with Crippen LogP contribution in [-0.2, 0) is 16.1 Å². The van der Waals surface area contributed by atoms with Gasteiger partial charge in [-0.25, -0.2) is 0 Å². The second-order valence-corrected chi connectivity index (χ2v) is 6.56. The van der Waals surface area contributed by atoms with Gasteiger partial charge in [-0.1, -0.05) is 19.9 Å². The molecule has 1 fully saturated rings. The zero-order valence-electron chi connectivity index (χ0n) is 13.5. The molecule has 0 aromatic heterocycles. The highest BCUT2D eigenvalue weighted by molar-refractivity contribution is 6.07. The normalized spacial score (nSPS) is 17.0. The summed E-state index contributed by atoms with van der Waals surface area (Å²) < 4.78 is 10.6. The van der Waals surface area contributed by atoms with Gasteiger partial charge in [0.05, 0.1) is 0 Å². The fraction of sp³-hybridized carbons (Fsp3) is 0.529. The van der Waals surface area contributed by atoms with E-state index in [2.05, 4.69) is 10.6 Å². The van der Waals surface area contributed by atoms with E-state index in [9.17, 15) is 9.59 Å². The van der Waals surface area contributed by atoms with Crippen molar-refractivity contribution in [1.82, 2.24) is 10.6 Å². The third kappa shape index (κ3) is 3.25. The second-order valence-electron chi connectivity index (χ2n) is 6.56. The maximum absolute atomic E-state index is 12.4. The molecular weight excluding hydrogens is 296 g/mol. The van der Waals surface area contributed by atoms with Gasteiger partial charge in [0.25, 0.3) is 0 Å². The molecule has 1 aromatic rings. The summed E-state index contributed by atoms with van der Waals surface area (Å²) in [5.74, 6) is 1.41. The van der Waals surface area contributed by atoms with Crippen LogP contribution in [0.25, 0.3) is 0 Å². The van der Waals surface area contributed by atoms with Crippen LogP contribution in [0.2, 0.25) is 0 Å². The van der Waals surface area contributed by atoms with Gasteiger partial charge in [-0.15, -0.1) is 0 Å². The molecule has 2 aliphatic rings. The van der Waals surface area contributed by atoms with Crippen LogP contribution in [0.3, 0.4) is 0 Å². The molecule has 0 radical (unpaired) electrons. The lowest BCUT2D eigenvalue weighted by Gasteiger charge is -2.16. The van der Waals surface area contributed by atoms with Crippen LogP contribution in [0, 0.1) is 11.3 Å². The first kappa shape index (κ1) is 15.6. The molecular formula is C17H22N2O4. The SMILES string of the molecule is CC(C)CNC(=O)C1(C(=O)NCc2ccc3c(c2)OCO3)CC1. The lowest BCUT2D eigenvalue weighted by Crippen LogP contribution is -2.43. The molecule has 0 unspecified atom stereocenters. The van der Waals surface area contributed by atoms with Gasteiger partial charge in [-0.2, -0.15) is 0 Å². The average Bonchev–Trinajstić information content (AvgIpc) is 3.22. The highest BCUT2D eigenvalue weighted by Crippen LogP contribution is 2.46. The average molecular weight is 318 g/mol. The van der Waals surface area contributed by atoms with E-state index < -0.39 is 5.41 Å². The number of hydrogen-bond acceptors (Lipinski definition) is 4. The van der Waals surface area contributed by atoms with E-state index >= 15 is 0 Å². The Kier molecular flexibility index (Phi) is 4.15. The van der Waals surface area contributed by atoms with E-state index in [4.69, 9.17) is 9.47 Å². The summed E-state index contributed by atoms with van der Waals surface area (Å²) in [6, 6.07) is 5.55. The molecule has 0 bridgehead atoms. The van der Waals surface area contributed by atoms with Crippen molar-refractivity contribution < 1.29 is 19.1 Å². The van der Waals surface area contributed by atoms with Crippen LogP contribution >= 0.6 is 0 Å². The summed E-state index contributed by atoms with van der Waals surface area (Å²) in [6.07, 6.45) is 1.23. The zero-order valence-corrected chi connectivity index (χ0v) is 13.5. The van der Waals surface area contributed by atoms with E-state index in [-0.39, 0.29) is 18.6 Å². The first-order valence-electron chi connectivity index (χ1n) is 7.96. The molecule has 6 heteroatoms. The quantitative estimate of drug-likeness (QED) is 0.781.